The van der Waals surface area contributed by atoms with E-state index in [0.29, 0.717) is 25.5 Å². The molecule has 1 amide bonds. The molecular weight excluding hydrogens is 456 g/mol. The van der Waals surface area contributed by atoms with Gasteiger partial charge in [0.25, 0.3) is 6.47 Å². The van der Waals surface area contributed by atoms with Crippen LogP contribution in [-0.2, 0) is 20.5 Å². The lowest BCUT2D eigenvalue weighted by Crippen LogP contribution is -2.35. The van der Waals surface area contributed by atoms with Gasteiger partial charge in [0.2, 0.25) is 5.91 Å². The van der Waals surface area contributed by atoms with Crippen molar-refractivity contribution in [3.8, 4) is 0 Å². The topological polar surface area (TPSA) is 87.7 Å². The Morgan fingerprint density at radius 3 is 2.32 bits per heavy atom. The standard InChI is InChI=1S/C23H26F4N2O2.CH2O2/c1-3-31-19-11-15(14-4-7-18(28-2)8-5-14)10-16(12-19)22(30)29-21-9-6-17(13-20(21)24)23(25,26)27;2-1-3/h4-9,13,15-16,19,28H,3,10-12H2,1-2H3,(H,29,30);1H,(H,2,3). The van der Waals surface area contributed by atoms with Crippen molar-refractivity contribution in [2.24, 2.45) is 5.92 Å². The van der Waals surface area contributed by atoms with E-state index in [4.69, 9.17) is 14.6 Å². The van der Waals surface area contributed by atoms with E-state index < -0.39 is 29.4 Å². The predicted molar refractivity (Wildman–Crippen MR) is 120 cm³/mol. The number of carbonyl (C=O) groups excluding carboxylic acids is 1. The van der Waals surface area contributed by atoms with Gasteiger partial charge in [0.15, 0.2) is 0 Å². The van der Waals surface area contributed by atoms with Crippen molar-refractivity contribution < 1.29 is 37.0 Å². The van der Waals surface area contributed by atoms with Gasteiger partial charge in [0.1, 0.15) is 5.82 Å². The molecule has 0 heterocycles. The van der Waals surface area contributed by atoms with E-state index in [1.54, 1.807) is 0 Å². The number of anilines is 2. The van der Waals surface area contributed by atoms with Crippen LogP contribution in [0.2, 0.25) is 0 Å². The number of carbonyl (C=O) groups is 2. The van der Waals surface area contributed by atoms with Crippen molar-refractivity contribution in [3.05, 3.63) is 59.4 Å². The molecule has 1 aliphatic rings. The number of rotatable bonds is 6. The fourth-order valence-corrected chi connectivity index (χ4v) is 4.07. The van der Waals surface area contributed by atoms with Crippen LogP contribution in [0.4, 0.5) is 28.9 Å². The van der Waals surface area contributed by atoms with Gasteiger partial charge in [-0.2, -0.15) is 13.2 Å². The van der Waals surface area contributed by atoms with Crippen molar-refractivity contribution in [2.45, 2.75) is 44.4 Å². The summed E-state index contributed by atoms with van der Waals surface area (Å²) in [6, 6.07) is 10.1. The molecule has 0 spiro atoms. The number of benzene rings is 2. The zero-order valence-corrected chi connectivity index (χ0v) is 18.9. The summed E-state index contributed by atoms with van der Waals surface area (Å²) in [5, 5.41) is 12.4. The highest BCUT2D eigenvalue weighted by Gasteiger charge is 2.35. The van der Waals surface area contributed by atoms with Crippen LogP contribution in [0.15, 0.2) is 42.5 Å². The molecule has 2 aromatic rings. The fraction of sp³-hybridized carbons (Fsp3) is 0.417. The summed E-state index contributed by atoms with van der Waals surface area (Å²) in [6.07, 6.45) is -2.97. The molecule has 3 atom stereocenters. The van der Waals surface area contributed by atoms with Crippen molar-refractivity contribution in [2.75, 3.05) is 24.3 Å². The molecule has 0 aromatic heterocycles. The summed E-state index contributed by atoms with van der Waals surface area (Å²) in [6.45, 7) is 2.15. The molecule has 10 heteroatoms. The Balaban J connectivity index is 0.00000129. The molecule has 0 aliphatic heterocycles. The Labute approximate surface area is 195 Å². The molecule has 1 aliphatic carbocycles. The first-order valence-electron chi connectivity index (χ1n) is 10.8. The normalized spacial score (nSPS) is 20.0. The van der Waals surface area contributed by atoms with Crippen molar-refractivity contribution in [3.63, 3.8) is 0 Å². The van der Waals surface area contributed by atoms with Crippen LogP contribution in [0.3, 0.4) is 0 Å². The minimum absolute atomic E-state index is 0.0874. The number of halogens is 4. The van der Waals surface area contributed by atoms with Gasteiger partial charge in [0.05, 0.1) is 17.4 Å². The van der Waals surface area contributed by atoms with Crippen LogP contribution in [0.1, 0.15) is 43.2 Å². The summed E-state index contributed by atoms with van der Waals surface area (Å²) in [5.41, 5.74) is 0.712. The lowest BCUT2D eigenvalue weighted by atomic mass is 9.76. The maximum absolute atomic E-state index is 14.2. The zero-order valence-electron chi connectivity index (χ0n) is 18.9. The first-order valence-corrected chi connectivity index (χ1v) is 10.8. The number of hydrogen-bond donors (Lipinski definition) is 3. The lowest BCUT2D eigenvalue weighted by molar-refractivity contribution is -0.137. The molecule has 1 fully saturated rings. The fourth-order valence-electron chi connectivity index (χ4n) is 4.07. The second-order valence-corrected chi connectivity index (χ2v) is 7.84. The number of carboxylic acid groups (broad SMARTS) is 1. The average molecular weight is 484 g/mol. The minimum Gasteiger partial charge on any atom is -0.483 e. The molecule has 0 saturated heterocycles. The van der Waals surface area contributed by atoms with Crippen molar-refractivity contribution in [1.29, 1.82) is 0 Å². The quantitative estimate of drug-likeness (QED) is 0.372. The maximum atomic E-state index is 14.2. The van der Waals surface area contributed by atoms with Gasteiger partial charge in [-0.25, -0.2) is 4.39 Å². The lowest BCUT2D eigenvalue weighted by Gasteiger charge is -2.34. The number of nitrogens with one attached hydrogen (secondary N) is 2. The molecule has 1 saturated carbocycles. The first kappa shape index (κ1) is 27.1. The van der Waals surface area contributed by atoms with Gasteiger partial charge in [-0.3, -0.25) is 9.59 Å². The number of amides is 1. The van der Waals surface area contributed by atoms with Crippen LogP contribution >= 0.6 is 0 Å². The van der Waals surface area contributed by atoms with E-state index in [-0.39, 0.29) is 24.2 Å². The SMILES string of the molecule is CCOC1CC(C(=O)Nc2ccc(C(F)(F)F)cc2F)CC(c2ccc(NC)cc2)C1.O=CO. The highest BCUT2D eigenvalue weighted by molar-refractivity contribution is 5.92. The van der Waals surface area contributed by atoms with Crippen molar-refractivity contribution in [1.82, 2.24) is 0 Å². The van der Waals surface area contributed by atoms with E-state index in [1.807, 2.05) is 38.2 Å². The predicted octanol–water partition coefficient (Wildman–Crippen LogP) is 5.51. The second kappa shape index (κ2) is 12.4. The molecule has 34 heavy (non-hydrogen) atoms. The summed E-state index contributed by atoms with van der Waals surface area (Å²) < 4.78 is 58.2. The molecule has 3 N–H and O–H groups in total. The van der Waals surface area contributed by atoms with Gasteiger partial charge in [0, 0.05) is 25.3 Å². The van der Waals surface area contributed by atoms with E-state index >= 15 is 0 Å². The average Bonchev–Trinajstić information content (AvgIpc) is 2.80. The van der Waals surface area contributed by atoms with Crippen LogP contribution in [-0.4, -0.2) is 37.2 Å². The number of alkyl halides is 3. The Kier molecular flexibility index (Phi) is 9.85. The molecular formula is C24H28F4N2O4. The summed E-state index contributed by atoms with van der Waals surface area (Å²) in [4.78, 5) is 21.2. The number of hydrogen-bond acceptors (Lipinski definition) is 4. The third kappa shape index (κ3) is 7.44. The molecule has 0 radical (unpaired) electrons. The Morgan fingerprint density at radius 1 is 1.15 bits per heavy atom. The largest absolute Gasteiger partial charge is 0.483 e. The molecule has 186 valence electrons. The first-order chi connectivity index (χ1) is 16.1. The van der Waals surface area contributed by atoms with Gasteiger partial charge < -0.3 is 20.5 Å². The summed E-state index contributed by atoms with van der Waals surface area (Å²) >= 11 is 0. The van der Waals surface area contributed by atoms with Crippen LogP contribution in [0.5, 0.6) is 0 Å². The van der Waals surface area contributed by atoms with E-state index in [9.17, 15) is 22.4 Å². The molecule has 2 aromatic carbocycles. The minimum atomic E-state index is -4.65. The summed E-state index contributed by atoms with van der Waals surface area (Å²) in [5.74, 6) is -1.88. The third-order valence-electron chi connectivity index (χ3n) is 5.66. The monoisotopic (exact) mass is 484 g/mol. The van der Waals surface area contributed by atoms with E-state index in [2.05, 4.69) is 10.6 Å². The van der Waals surface area contributed by atoms with E-state index in [1.165, 1.54) is 0 Å². The molecule has 0 bridgehead atoms. The number of ether oxygens (including phenoxy) is 1. The van der Waals surface area contributed by atoms with Crippen LogP contribution in [0, 0.1) is 11.7 Å². The summed E-state index contributed by atoms with van der Waals surface area (Å²) in [7, 11) is 1.83. The maximum Gasteiger partial charge on any atom is 0.416 e. The van der Waals surface area contributed by atoms with Gasteiger partial charge >= 0.3 is 6.18 Å². The second-order valence-electron chi connectivity index (χ2n) is 7.84. The smallest absolute Gasteiger partial charge is 0.416 e. The van der Waals surface area contributed by atoms with Gasteiger partial charge in [-0.05, 0) is 68.0 Å². The molecule has 6 nitrogen and oxygen atoms in total. The van der Waals surface area contributed by atoms with Crippen LogP contribution in [0.25, 0.3) is 0 Å². The van der Waals surface area contributed by atoms with Crippen molar-refractivity contribution >= 4 is 23.8 Å². The Hall–Kier alpha value is -3.14. The molecule has 3 unspecified atom stereocenters. The van der Waals surface area contributed by atoms with Gasteiger partial charge in [-0.15, -0.1) is 0 Å². The Bertz CT molecular complexity index is 951. The Morgan fingerprint density at radius 2 is 1.79 bits per heavy atom. The van der Waals surface area contributed by atoms with Crippen LogP contribution < -0.4 is 10.6 Å². The van der Waals surface area contributed by atoms with Gasteiger partial charge in [-0.1, -0.05) is 12.1 Å². The van der Waals surface area contributed by atoms with E-state index in [0.717, 1.165) is 29.8 Å². The third-order valence-corrected chi connectivity index (χ3v) is 5.66. The highest BCUT2D eigenvalue weighted by atomic mass is 19.4. The molecule has 3 rings (SSSR count). The highest BCUT2D eigenvalue weighted by Crippen LogP contribution is 2.39. The zero-order chi connectivity index (χ0) is 25.3.